The van der Waals surface area contributed by atoms with E-state index in [1.165, 1.54) is 6.07 Å². The second kappa shape index (κ2) is 6.69. The molecule has 4 rings (SSSR count). The molecular weight excluding hydrogens is 347 g/mol. The summed E-state index contributed by atoms with van der Waals surface area (Å²) in [6.45, 7) is 6.05. The van der Waals surface area contributed by atoms with Crippen molar-refractivity contribution < 1.29 is 9.18 Å². The van der Waals surface area contributed by atoms with Crippen LogP contribution in [0.1, 0.15) is 32.3 Å². The van der Waals surface area contributed by atoms with Crippen molar-refractivity contribution in [2.75, 3.05) is 18.0 Å². The van der Waals surface area contributed by atoms with Crippen LogP contribution in [0, 0.1) is 11.7 Å². The van der Waals surface area contributed by atoms with Crippen molar-refractivity contribution in [3.8, 4) is 0 Å². The van der Waals surface area contributed by atoms with E-state index in [4.69, 9.17) is 0 Å². The molecule has 0 unspecified atom stereocenters. The summed E-state index contributed by atoms with van der Waals surface area (Å²) in [4.78, 5) is 17.1. The van der Waals surface area contributed by atoms with Crippen molar-refractivity contribution in [2.24, 2.45) is 5.92 Å². The number of rotatable bonds is 3. The molecule has 2 aromatic rings. The Hall–Kier alpha value is -1.88. The lowest BCUT2D eigenvalue weighted by Gasteiger charge is -2.42. The Morgan fingerprint density at radius 3 is 2.92 bits per heavy atom. The fraction of sp³-hybridized carbons (Fsp3) is 0.476. The maximum Gasteiger partial charge on any atom is 0.227 e. The van der Waals surface area contributed by atoms with Gasteiger partial charge in [0.15, 0.2) is 0 Å². The monoisotopic (exact) mass is 372 g/mol. The van der Waals surface area contributed by atoms with Crippen molar-refractivity contribution in [1.82, 2.24) is 4.90 Å². The van der Waals surface area contributed by atoms with E-state index in [-0.39, 0.29) is 17.3 Å². The van der Waals surface area contributed by atoms with Gasteiger partial charge < -0.3 is 9.80 Å². The van der Waals surface area contributed by atoms with E-state index in [2.05, 4.69) is 24.1 Å². The largest absolute Gasteiger partial charge is 0.363 e. The van der Waals surface area contributed by atoms with E-state index in [9.17, 15) is 9.18 Å². The van der Waals surface area contributed by atoms with Crippen molar-refractivity contribution >= 4 is 22.9 Å². The van der Waals surface area contributed by atoms with Crippen LogP contribution in [0.25, 0.3) is 0 Å². The number of carbonyl (C=O) groups excluding carboxylic acids is 1. The molecule has 3 nitrogen and oxygen atoms in total. The van der Waals surface area contributed by atoms with Crippen LogP contribution in [-0.2, 0) is 11.2 Å². The number of anilines is 1. The highest BCUT2D eigenvalue weighted by Gasteiger charge is 2.48. The summed E-state index contributed by atoms with van der Waals surface area (Å²) in [5.41, 5.74) is 2.03. The highest BCUT2D eigenvalue weighted by molar-refractivity contribution is 7.08. The van der Waals surface area contributed by atoms with Gasteiger partial charge in [-0.05, 0) is 73.2 Å². The Morgan fingerprint density at radius 2 is 2.19 bits per heavy atom. The van der Waals surface area contributed by atoms with Gasteiger partial charge in [-0.25, -0.2) is 4.39 Å². The summed E-state index contributed by atoms with van der Waals surface area (Å²) in [7, 11) is 0. The van der Waals surface area contributed by atoms with Crippen LogP contribution in [-0.4, -0.2) is 35.5 Å². The first-order valence-electron chi connectivity index (χ1n) is 9.28. The molecule has 1 aromatic heterocycles. The molecule has 1 aromatic carbocycles. The van der Waals surface area contributed by atoms with E-state index in [0.29, 0.717) is 18.4 Å². The average Bonchev–Trinajstić information content (AvgIpc) is 3.17. The number of thiophene rings is 1. The number of carbonyl (C=O) groups is 1. The Balaban J connectivity index is 1.50. The van der Waals surface area contributed by atoms with Gasteiger partial charge in [0.25, 0.3) is 0 Å². The molecule has 0 N–H and O–H groups in total. The lowest BCUT2D eigenvalue weighted by molar-refractivity contribution is -0.132. The van der Waals surface area contributed by atoms with E-state index in [1.54, 1.807) is 23.5 Å². The molecule has 2 aliphatic rings. The number of amides is 1. The van der Waals surface area contributed by atoms with E-state index in [1.807, 2.05) is 22.4 Å². The first-order valence-corrected chi connectivity index (χ1v) is 10.2. The Kier molecular flexibility index (Phi) is 4.51. The molecule has 2 aliphatic heterocycles. The predicted octanol–water partition coefficient (Wildman–Crippen LogP) is 4.34. The smallest absolute Gasteiger partial charge is 0.227 e. The molecule has 2 atom stereocenters. The van der Waals surface area contributed by atoms with Crippen LogP contribution in [0.5, 0.6) is 0 Å². The van der Waals surface area contributed by atoms with E-state index < -0.39 is 0 Å². The molecule has 0 saturated carbocycles. The third-order valence-electron chi connectivity index (χ3n) is 5.81. The van der Waals surface area contributed by atoms with Crippen LogP contribution in [0.4, 0.5) is 10.1 Å². The van der Waals surface area contributed by atoms with Gasteiger partial charge >= 0.3 is 0 Å². The zero-order chi connectivity index (χ0) is 18.3. The Bertz CT molecular complexity index is 789. The molecule has 0 radical (unpaired) electrons. The second-order valence-corrected chi connectivity index (χ2v) is 8.91. The predicted molar refractivity (Wildman–Crippen MR) is 104 cm³/mol. The van der Waals surface area contributed by atoms with Crippen molar-refractivity contribution in [3.63, 3.8) is 0 Å². The third-order valence-corrected chi connectivity index (χ3v) is 6.55. The lowest BCUT2D eigenvalue weighted by Crippen LogP contribution is -2.50. The van der Waals surface area contributed by atoms with Gasteiger partial charge in [0.1, 0.15) is 5.82 Å². The number of fused-ring (bicyclic) bond motifs is 1. The summed E-state index contributed by atoms with van der Waals surface area (Å²) in [5.74, 6) is 0.474. The van der Waals surface area contributed by atoms with Gasteiger partial charge in [0.05, 0.1) is 6.42 Å². The summed E-state index contributed by atoms with van der Waals surface area (Å²) in [5, 5.41) is 4.07. The van der Waals surface area contributed by atoms with Crippen LogP contribution < -0.4 is 4.90 Å². The Labute approximate surface area is 158 Å². The summed E-state index contributed by atoms with van der Waals surface area (Å²) in [6, 6.07) is 9.32. The minimum absolute atomic E-state index is 0.0322. The molecule has 0 aliphatic carbocycles. The van der Waals surface area contributed by atoms with Crippen LogP contribution in [0.2, 0.25) is 0 Å². The van der Waals surface area contributed by atoms with Gasteiger partial charge in [-0.2, -0.15) is 11.3 Å². The zero-order valence-corrected chi connectivity index (χ0v) is 16.1. The first-order chi connectivity index (χ1) is 12.4. The van der Waals surface area contributed by atoms with Gasteiger partial charge in [-0.1, -0.05) is 6.07 Å². The molecule has 138 valence electrons. The highest BCUT2D eigenvalue weighted by Crippen LogP contribution is 2.44. The summed E-state index contributed by atoms with van der Waals surface area (Å²) >= 11 is 1.63. The van der Waals surface area contributed by atoms with Crippen LogP contribution >= 0.6 is 11.3 Å². The lowest BCUT2D eigenvalue weighted by atomic mass is 9.89. The SMILES string of the molecule is CC1(C)C[C@@H]2CN(C(=O)Cc3ccsc3)CC[C@@H]2N1c1cccc(F)c1. The number of nitrogens with zero attached hydrogens (tertiary/aromatic N) is 2. The van der Waals surface area contributed by atoms with Gasteiger partial charge in [0.2, 0.25) is 5.91 Å². The average molecular weight is 373 g/mol. The molecule has 0 spiro atoms. The van der Waals surface area contributed by atoms with Gasteiger partial charge in [-0.3, -0.25) is 4.79 Å². The minimum atomic E-state index is -0.190. The maximum absolute atomic E-state index is 13.8. The molecular formula is C21H25FN2OS. The van der Waals surface area contributed by atoms with Crippen LogP contribution in [0.3, 0.4) is 0 Å². The first kappa shape index (κ1) is 17.5. The molecule has 5 heteroatoms. The Morgan fingerprint density at radius 1 is 1.35 bits per heavy atom. The minimum Gasteiger partial charge on any atom is -0.363 e. The number of likely N-dealkylation sites (tertiary alicyclic amines) is 1. The molecule has 26 heavy (non-hydrogen) atoms. The quantitative estimate of drug-likeness (QED) is 0.800. The number of hydrogen-bond acceptors (Lipinski definition) is 3. The van der Waals surface area contributed by atoms with Crippen molar-refractivity contribution in [1.29, 1.82) is 0 Å². The number of hydrogen-bond donors (Lipinski definition) is 0. The molecule has 3 heterocycles. The summed E-state index contributed by atoms with van der Waals surface area (Å²) in [6.07, 6.45) is 2.47. The third kappa shape index (κ3) is 3.25. The van der Waals surface area contributed by atoms with E-state index >= 15 is 0 Å². The topological polar surface area (TPSA) is 23.6 Å². The zero-order valence-electron chi connectivity index (χ0n) is 15.3. The molecule has 2 fully saturated rings. The normalized spacial score (nSPS) is 24.6. The van der Waals surface area contributed by atoms with Crippen molar-refractivity contribution in [3.05, 3.63) is 52.5 Å². The second-order valence-electron chi connectivity index (χ2n) is 8.13. The number of halogens is 1. The van der Waals surface area contributed by atoms with Gasteiger partial charge in [-0.15, -0.1) is 0 Å². The van der Waals surface area contributed by atoms with E-state index in [0.717, 1.165) is 37.2 Å². The fourth-order valence-electron chi connectivity index (χ4n) is 4.82. The number of piperidine rings is 1. The van der Waals surface area contributed by atoms with Crippen LogP contribution in [0.15, 0.2) is 41.1 Å². The number of benzene rings is 1. The standard InChI is InChI=1S/C21H25FN2OS/c1-21(2)12-16-13-23(20(25)10-15-7-9-26-14-15)8-6-19(16)24(21)18-5-3-4-17(22)11-18/h3-5,7,9,11,14,16,19H,6,8,10,12-13H2,1-2H3/t16-,19+/m1/s1. The molecule has 0 bridgehead atoms. The van der Waals surface area contributed by atoms with Gasteiger partial charge in [0, 0.05) is 30.4 Å². The van der Waals surface area contributed by atoms with Crippen molar-refractivity contribution in [2.45, 2.75) is 44.7 Å². The fourth-order valence-corrected chi connectivity index (χ4v) is 5.49. The summed E-state index contributed by atoms with van der Waals surface area (Å²) < 4.78 is 13.8. The molecule has 1 amide bonds. The molecule has 2 saturated heterocycles. The highest BCUT2D eigenvalue weighted by atomic mass is 32.1. The maximum atomic E-state index is 13.8.